The second-order valence-corrected chi connectivity index (χ2v) is 12.7. The molecule has 0 saturated carbocycles. The van der Waals surface area contributed by atoms with Gasteiger partial charge in [-0.15, -0.1) is 0 Å². The van der Waals surface area contributed by atoms with Gasteiger partial charge in [0.25, 0.3) is 0 Å². The van der Waals surface area contributed by atoms with Crippen LogP contribution in [0.25, 0.3) is 0 Å². The van der Waals surface area contributed by atoms with Crippen LogP contribution in [0.3, 0.4) is 0 Å². The normalized spacial score (nSPS) is 11.7. The van der Waals surface area contributed by atoms with Gasteiger partial charge in [-0.3, -0.25) is 0 Å². The first-order chi connectivity index (χ1) is 18.2. The molecule has 0 fully saturated rings. The number of unbranched alkanes of at least 4 members (excludes halogenated alkanes) is 24. The fourth-order valence-electron chi connectivity index (χ4n) is 6.29. The van der Waals surface area contributed by atoms with E-state index < -0.39 is 0 Å². The summed E-state index contributed by atoms with van der Waals surface area (Å²) in [5.41, 5.74) is 0. The summed E-state index contributed by atoms with van der Waals surface area (Å²) in [5, 5.41) is 0. The first-order valence-electron chi connectivity index (χ1n) is 18.1. The molecule has 38 heavy (non-hydrogen) atoms. The Labute approximate surface area is 261 Å². The smallest absolute Gasteiger partial charge is 0.0786 e. The molecule has 0 saturated heterocycles. The fourth-order valence-corrected chi connectivity index (χ4v) is 6.29. The van der Waals surface area contributed by atoms with Crippen LogP contribution in [0.4, 0.5) is 0 Å². The van der Waals surface area contributed by atoms with Crippen LogP contribution in [0.5, 0.6) is 0 Å². The van der Waals surface area contributed by atoms with E-state index in [1.807, 2.05) is 0 Å². The predicted octanol–water partition coefficient (Wildman–Crippen LogP) is 9.81. The summed E-state index contributed by atoms with van der Waals surface area (Å²) in [4.78, 5) is 0. The van der Waals surface area contributed by atoms with Crippen LogP contribution in [0.1, 0.15) is 207 Å². The van der Waals surface area contributed by atoms with Gasteiger partial charge >= 0.3 is 0 Å². The minimum absolute atomic E-state index is 0. The Bertz CT molecular complexity index is 379. The van der Waals surface area contributed by atoms with Gasteiger partial charge in [0.2, 0.25) is 0 Å². The number of quaternary nitrogens is 1. The molecule has 1 nitrogen and oxygen atoms in total. The summed E-state index contributed by atoms with van der Waals surface area (Å²) in [6.07, 6.45) is 40.8. The molecule has 0 radical (unpaired) electrons. The quantitative estimate of drug-likeness (QED) is 0.0387. The lowest BCUT2D eigenvalue weighted by atomic mass is 10.0. The van der Waals surface area contributed by atoms with Gasteiger partial charge in [-0.25, -0.2) is 0 Å². The zero-order valence-electron chi connectivity index (χ0n) is 27.5. The lowest BCUT2D eigenvalue weighted by Crippen LogP contribution is -3.00. The van der Waals surface area contributed by atoms with Crippen molar-refractivity contribution in [1.82, 2.24) is 0 Å². The predicted molar refractivity (Wildman–Crippen MR) is 172 cm³/mol. The summed E-state index contributed by atoms with van der Waals surface area (Å²) < 4.78 is 1.47. The minimum atomic E-state index is 0. The summed E-state index contributed by atoms with van der Waals surface area (Å²) in [6.45, 7) is 15.3. The van der Waals surface area contributed by atoms with Crippen molar-refractivity contribution in [2.24, 2.45) is 0 Å². The molecule has 2 heteroatoms. The summed E-state index contributed by atoms with van der Waals surface area (Å²) in [6, 6.07) is 0. The van der Waals surface area contributed by atoms with Crippen molar-refractivity contribution in [1.29, 1.82) is 0 Å². The molecular weight excluding hydrogens is 573 g/mol. The highest BCUT2D eigenvalue weighted by Gasteiger charge is 2.25. The van der Waals surface area contributed by atoms with Gasteiger partial charge in [-0.2, -0.15) is 0 Å². The molecule has 0 amide bonds. The Hall–Kier alpha value is 0.690. The lowest BCUT2D eigenvalue weighted by molar-refractivity contribution is -0.929. The topological polar surface area (TPSA) is 0 Å². The number of nitrogens with zero attached hydrogens (tertiary/aromatic N) is 1. The molecule has 0 heterocycles. The Balaban J connectivity index is 0. The molecule has 0 atom stereocenters. The SMILES string of the molecule is CCCCCCCCCCCCCCCCCC[N+](CCCCCC)(CCCCCC)CCCCCC.[I-]. The van der Waals surface area contributed by atoms with Crippen LogP contribution in [0, 0.1) is 0 Å². The van der Waals surface area contributed by atoms with Crippen LogP contribution in [0.2, 0.25) is 0 Å². The van der Waals surface area contributed by atoms with Crippen LogP contribution >= 0.6 is 0 Å². The maximum absolute atomic E-state index is 2.36. The molecule has 0 unspecified atom stereocenters. The van der Waals surface area contributed by atoms with Crippen LogP contribution in [-0.2, 0) is 0 Å². The van der Waals surface area contributed by atoms with Crippen LogP contribution in [0.15, 0.2) is 0 Å². The molecule has 232 valence electrons. The van der Waals surface area contributed by atoms with E-state index in [4.69, 9.17) is 0 Å². The third-order valence-corrected chi connectivity index (χ3v) is 8.94. The van der Waals surface area contributed by atoms with Crippen LogP contribution < -0.4 is 24.0 Å². The number of hydrogen-bond acceptors (Lipinski definition) is 0. The monoisotopic (exact) mass is 650 g/mol. The van der Waals surface area contributed by atoms with E-state index in [1.165, 1.54) is 210 Å². The Kier molecular flexibility index (Phi) is 36.4. The zero-order valence-corrected chi connectivity index (χ0v) is 29.6. The summed E-state index contributed by atoms with van der Waals surface area (Å²) >= 11 is 0. The van der Waals surface area contributed by atoms with E-state index in [9.17, 15) is 0 Å². The molecule has 0 aliphatic carbocycles. The molecule has 0 aromatic heterocycles. The van der Waals surface area contributed by atoms with E-state index in [0.29, 0.717) is 0 Å². The Morgan fingerprint density at radius 2 is 0.395 bits per heavy atom. The van der Waals surface area contributed by atoms with Crippen molar-refractivity contribution in [2.45, 2.75) is 207 Å². The highest BCUT2D eigenvalue weighted by molar-refractivity contribution is 4.54. The van der Waals surface area contributed by atoms with Crippen molar-refractivity contribution >= 4 is 0 Å². The third-order valence-electron chi connectivity index (χ3n) is 8.94. The highest BCUT2D eigenvalue weighted by atomic mass is 127. The van der Waals surface area contributed by atoms with Crippen molar-refractivity contribution < 1.29 is 28.5 Å². The average molecular weight is 650 g/mol. The molecule has 0 rings (SSSR count). The fraction of sp³-hybridized carbons (Fsp3) is 1.00. The summed E-state index contributed by atoms with van der Waals surface area (Å²) in [5.74, 6) is 0. The molecule has 0 aromatic carbocycles. The number of halogens is 1. The maximum Gasteiger partial charge on any atom is 0.0786 e. The van der Waals surface area contributed by atoms with Gasteiger partial charge in [0.05, 0.1) is 26.2 Å². The van der Waals surface area contributed by atoms with Gasteiger partial charge in [0.15, 0.2) is 0 Å². The number of rotatable bonds is 32. The van der Waals surface area contributed by atoms with E-state index in [-0.39, 0.29) is 24.0 Å². The molecular formula is C36H76IN. The van der Waals surface area contributed by atoms with E-state index in [1.54, 1.807) is 0 Å². The third kappa shape index (κ3) is 28.2. The Morgan fingerprint density at radius 3 is 0.605 bits per heavy atom. The van der Waals surface area contributed by atoms with Gasteiger partial charge in [0.1, 0.15) is 0 Å². The lowest BCUT2D eigenvalue weighted by Gasteiger charge is -2.39. The van der Waals surface area contributed by atoms with Gasteiger partial charge < -0.3 is 28.5 Å². The zero-order chi connectivity index (χ0) is 27.1. The average Bonchev–Trinajstić information content (AvgIpc) is 2.91. The Morgan fingerprint density at radius 1 is 0.237 bits per heavy atom. The van der Waals surface area contributed by atoms with Gasteiger partial charge in [-0.05, 0) is 51.4 Å². The van der Waals surface area contributed by atoms with E-state index in [0.717, 1.165) is 0 Å². The van der Waals surface area contributed by atoms with Crippen molar-refractivity contribution in [3.8, 4) is 0 Å². The maximum atomic E-state index is 2.36. The van der Waals surface area contributed by atoms with E-state index in [2.05, 4.69) is 27.7 Å². The largest absolute Gasteiger partial charge is 1.00 e. The van der Waals surface area contributed by atoms with Crippen molar-refractivity contribution in [2.75, 3.05) is 26.2 Å². The molecule has 0 N–H and O–H groups in total. The molecule has 0 spiro atoms. The molecule has 0 aliphatic heterocycles. The second-order valence-electron chi connectivity index (χ2n) is 12.7. The molecule has 0 aromatic rings. The van der Waals surface area contributed by atoms with Crippen LogP contribution in [-0.4, -0.2) is 30.7 Å². The summed E-state index contributed by atoms with van der Waals surface area (Å²) in [7, 11) is 0. The number of hydrogen-bond donors (Lipinski definition) is 0. The first kappa shape index (κ1) is 40.8. The standard InChI is InChI=1S/C36H76N.HI/c1-5-9-13-17-18-19-20-21-22-23-24-25-26-27-28-32-36-37(33-29-14-10-6-2,34-30-15-11-7-3)35-31-16-12-8-4;/h5-36H2,1-4H3;1H/q+1;/p-1. The van der Waals surface area contributed by atoms with E-state index >= 15 is 0 Å². The van der Waals surface area contributed by atoms with Crippen molar-refractivity contribution in [3.63, 3.8) is 0 Å². The van der Waals surface area contributed by atoms with Gasteiger partial charge in [-0.1, -0.05) is 156 Å². The van der Waals surface area contributed by atoms with Crippen molar-refractivity contribution in [3.05, 3.63) is 0 Å². The first-order valence-corrected chi connectivity index (χ1v) is 18.1. The van der Waals surface area contributed by atoms with Gasteiger partial charge in [0, 0.05) is 0 Å². The molecule has 0 aliphatic rings. The second kappa shape index (κ2) is 33.9. The molecule has 0 bridgehead atoms. The minimum Gasteiger partial charge on any atom is -1.00 e. The highest BCUT2D eigenvalue weighted by Crippen LogP contribution is 2.20.